The van der Waals surface area contributed by atoms with Gasteiger partial charge in [0.2, 0.25) is 0 Å². The Morgan fingerprint density at radius 1 is 1.16 bits per heavy atom. The average molecular weight is 400 g/mol. The Labute approximate surface area is 153 Å². The van der Waals surface area contributed by atoms with Gasteiger partial charge in [0, 0.05) is 24.7 Å². The third-order valence-corrected chi connectivity index (χ3v) is 5.09. The first-order chi connectivity index (χ1) is 12.0. The number of nitrogens with two attached hydrogens (primary N) is 1. The maximum Gasteiger partial charge on any atom is 0.141 e. The molecule has 126 valence electrons. The van der Waals surface area contributed by atoms with Gasteiger partial charge in [-0.1, -0.05) is 6.07 Å². The van der Waals surface area contributed by atoms with Gasteiger partial charge in [0.25, 0.3) is 0 Å². The Balaban J connectivity index is 2.07. The summed E-state index contributed by atoms with van der Waals surface area (Å²) in [6.45, 7) is 1.53. The molecular formula is C18H15BrFN5. The number of hydrogen-bond donors (Lipinski definition) is 1. The summed E-state index contributed by atoms with van der Waals surface area (Å²) in [5.74, 6) is 0.0629. The van der Waals surface area contributed by atoms with Crippen LogP contribution in [0.25, 0.3) is 11.3 Å². The number of piperidine rings is 1. The molecule has 25 heavy (non-hydrogen) atoms. The molecule has 1 saturated heterocycles. The van der Waals surface area contributed by atoms with Crippen molar-refractivity contribution in [3.8, 4) is 23.4 Å². The number of rotatable bonds is 2. The third-order valence-electron chi connectivity index (χ3n) is 4.29. The van der Waals surface area contributed by atoms with Gasteiger partial charge in [-0.25, -0.2) is 9.37 Å². The molecule has 1 aliphatic rings. The molecule has 5 nitrogen and oxygen atoms in total. The van der Waals surface area contributed by atoms with E-state index in [1.165, 1.54) is 12.1 Å². The lowest BCUT2D eigenvalue weighted by Gasteiger charge is -2.31. The monoisotopic (exact) mass is 399 g/mol. The van der Waals surface area contributed by atoms with Crippen molar-refractivity contribution in [1.29, 1.82) is 10.5 Å². The van der Waals surface area contributed by atoms with E-state index in [1.807, 2.05) is 0 Å². The number of anilines is 1. The number of halogens is 2. The van der Waals surface area contributed by atoms with Crippen LogP contribution in [0.1, 0.15) is 24.0 Å². The summed E-state index contributed by atoms with van der Waals surface area (Å²) in [6.07, 6.45) is 1.72. The normalized spacial score (nSPS) is 14.8. The maximum atomic E-state index is 14.0. The maximum absolute atomic E-state index is 14.0. The van der Waals surface area contributed by atoms with Crippen LogP contribution in [0.4, 0.5) is 10.2 Å². The molecular weight excluding hydrogens is 385 g/mol. The Hall–Kier alpha value is -2.48. The molecule has 1 aromatic heterocycles. The highest BCUT2D eigenvalue weighted by Crippen LogP contribution is 2.33. The number of nitrogens with zero attached hydrogens (tertiary/aromatic N) is 4. The molecule has 2 N–H and O–H groups in total. The zero-order chi connectivity index (χ0) is 18.0. The zero-order valence-electron chi connectivity index (χ0n) is 13.3. The lowest BCUT2D eigenvalue weighted by atomic mass is 10.0. The summed E-state index contributed by atoms with van der Waals surface area (Å²) >= 11 is 3.40. The second kappa shape index (κ2) is 7.18. The molecule has 2 aromatic rings. The quantitative estimate of drug-likeness (QED) is 0.836. The molecule has 1 aromatic carbocycles. The van der Waals surface area contributed by atoms with Gasteiger partial charge in [-0.2, -0.15) is 10.5 Å². The summed E-state index contributed by atoms with van der Waals surface area (Å²) in [4.78, 5) is 6.72. The smallest absolute Gasteiger partial charge is 0.141 e. The fourth-order valence-electron chi connectivity index (χ4n) is 2.83. The van der Waals surface area contributed by atoms with E-state index in [2.05, 4.69) is 31.9 Å². The highest BCUT2D eigenvalue weighted by Gasteiger charge is 2.21. The van der Waals surface area contributed by atoms with E-state index in [4.69, 9.17) is 11.0 Å². The molecule has 1 fully saturated rings. The molecule has 7 heteroatoms. The van der Waals surface area contributed by atoms with Crippen LogP contribution < -0.4 is 10.6 Å². The summed E-state index contributed by atoms with van der Waals surface area (Å²) < 4.78 is 14.5. The molecule has 0 radical (unpaired) electrons. The summed E-state index contributed by atoms with van der Waals surface area (Å²) in [5.41, 5.74) is 7.34. The van der Waals surface area contributed by atoms with E-state index in [0.29, 0.717) is 27.1 Å². The molecule has 0 bridgehead atoms. The van der Waals surface area contributed by atoms with E-state index in [0.717, 1.165) is 25.9 Å². The fraction of sp³-hybridized carbons (Fsp3) is 0.278. The predicted octanol–water partition coefficient (Wildman–Crippen LogP) is 3.32. The largest absolute Gasteiger partial charge is 0.356 e. The zero-order valence-corrected chi connectivity index (χ0v) is 14.9. The molecule has 0 saturated carbocycles. The Morgan fingerprint density at radius 2 is 1.84 bits per heavy atom. The standard InChI is InChI=1S/C18H15BrFN5/c19-17-13(10-22)8-16(25-5-3-14(23)4-6-25)24-18(17)11-1-2-12(9-21)15(20)7-11/h1-2,7-8,14H,3-6,23H2. The Kier molecular flexibility index (Phi) is 4.98. The van der Waals surface area contributed by atoms with Gasteiger partial charge in [0.1, 0.15) is 23.8 Å². The molecule has 2 heterocycles. The second-order valence-electron chi connectivity index (χ2n) is 5.93. The van der Waals surface area contributed by atoms with Gasteiger partial charge in [-0.15, -0.1) is 0 Å². The first kappa shape index (κ1) is 17.3. The third kappa shape index (κ3) is 3.48. The highest BCUT2D eigenvalue weighted by molar-refractivity contribution is 9.10. The fourth-order valence-corrected chi connectivity index (χ4v) is 3.35. The number of benzene rings is 1. The minimum atomic E-state index is -0.610. The topological polar surface area (TPSA) is 89.7 Å². The van der Waals surface area contributed by atoms with Gasteiger partial charge >= 0.3 is 0 Å². The Bertz CT molecular complexity index is 892. The average Bonchev–Trinajstić information content (AvgIpc) is 2.62. The van der Waals surface area contributed by atoms with Crippen molar-refractivity contribution in [2.75, 3.05) is 18.0 Å². The molecule has 3 rings (SSSR count). The first-order valence-electron chi connectivity index (χ1n) is 7.84. The van der Waals surface area contributed by atoms with Crippen molar-refractivity contribution in [2.45, 2.75) is 18.9 Å². The number of hydrogen-bond acceptors (Lipinski definition) is 5. The number of pyridine rings is 1. The molecule has 0 unspecified atom stereocenters. The van der Waals surface area contributed by atoms with E-state index in [1.54, 1.807) is 18.2 Å². The van der Waals surface area contributed by atoms with Crippen LogP contribution in [0.15, 0.2) is 28.7 Å². The van der Waals surface area contributed by atoms with Crippen molar-refractivity contribution < 1.29 is 4.39 Å². The van der Waals surface area contributed by atoms with Crippen LogP contribution in [0.3, 0.4) is 0 Å². The van der Waals surface area contributed by atoms with Crippen molar-refractivity contribution in [3.63, 3.8) is 0 Å². The number of nitriles is 2. The van der Waals surface area contributed by atoms with Crippen LogP contribution >= 0.6 is 15.9 Å². The van der Waals surface area contributed by atoms with Crippen molar-refractivity contribution in [2.24, 2.45) is 5.73 Å². The van der Waals surface area contributed by atoms with Crippen LogP contribution in [-0.2, 0) is 0 Å². The van der Waals surface area contributed by atoms with E-state index < -0.39 is 5.82 Å². The summed E-state index contributed by atoms with van der Waals surface area (Å²) in [6, 6.07) is 10.2. The van der Waals surface area contributed by atoms with Crippen molar-refractivity contribution in [3.05, 3.63) is 45.7 Å². The van der Waals surface area contributed by atoms with Gasteiger partial charge in [0.15, 0.2) is 0 Å². The molecule has 1 aliphatic heterocycles. The van der Waals surface area contributed by atoms with Gasteiger partial charge < -0.3 is 10.6 Å². The van der Waals surface area contributed by atoms with E-state index in [-0.39, 0.29) is 11.6 Å². The SMILES string of the molecule is N#Cc1ccc(-c2nc(N3CCC(N)CC3)cc(C#N)c2Br)cc1F. The van der Waals surface area contributed by atoms with E-state index in [9.17, 15) is 9.65 Å². The highest BCUT2D eigenvalue weighted by atomic mass is 79.9. The minimum absolute atomic E-state index is 0.0263. The Morgan fingerprint density at radius 3 is 2.44 bits per heavy atom. The van der Waals surface area contributed by atoms with Crippen LogP contribution in [0.5, 0.6) is 0 Å². The van der Waals surface area contributed by atoms with Crippen LogP contribution in [0.2, 0.25) is 0 Å². The molecule has 0 atom stereocenters. The van der Waals surface area contributed by atoms with Crippen LogP contribution in [0, 0.1) is 28.5 Å². The summed E-state index contributed by atoms with van der Waals surface area (Å²) in [7, 11) is 0. The van der Waals surface area contributed by atoms with Gasteiger partial charge in [-0.3, -0.25) is 0 Å². The van der Waals surface area contributed by atoms with Crippen molar-refractivity contribution in [1.82, 2.24) is 4.98 Å². The van der Waals surface area contributed by atoms with Crippen molar-refractivity contribution >= 4 is 21.7 Å². The molecule has 0 aliphatic carbocycles. The van der Waals surface area contributed by atoms with Gasteiger partial charge in [0.05, 0.1) is 21.3 Å². The number of aromatic nitrogens is 1. The van der Waals surface area contributed by atoms with E-state index >= 15 is 0 Å². The lowest BCUT2D eigenvalue weighted by molar-refractivity contribution is 0.498. The van der Waals surface area contributed by atoms with Crippen LogP contribution in [-0.4, -0.2) is 24.1 Å². The second-order valence-corrected chi connectivity index (χ2v) is 6.73. The summed E-state index contributed by atoms with van der Waals surface area (Å²) in [5, 5.41) is 18.3. The van der Waals surface area contributed by atoms with Gasteiger partial charge in [-0.05, 0) is 47.0 Å². The molecule has 0 spiro atoms. The lowest BCUT2D eigenvalue weighted by Crippen LogP contribution is -2.40. The minimum Gasteiger partial charge on any atom is -0.356 e. The predicted molar refractivity (Wildman–Crippen MR) is 96.2 cm³/mol. The first-order valence-corrected chi connectivity index (χ1v) is 8.64. The molecule has 0 amide bonds.